The van der Waals surface area contributed by atoms with E-state index in [0.717, 1.165) is 38.8 Å². The summed E-state index contributed by atoms with van der Waals surface area (Å²) in [6.45, 7) is 3.46. The van der Waals surface area contributed by atoms with Crippen molar-refractivity contribution in [2.24, 2.45) is 5.73 Å². The van der Waals surface area contributed by atoms with E-state index in [4.69, 9.17) is 10.5 Å². The molecule has 2 atom stereocenters. The Balaban J connectivity index is 1.36. The number of rotatable bonds is 4. The molecule has 0 radical (unpaired) electrons. The summed E-state index contributed by atoms with van der Waals surface area (Å²) in [5.74, 6) is -0.154. The van der Waals surface area contributed by atoms with E-state index >= 15 is 0 Å². The zero-order chi connectivity index (χ0) is 17.2. The highest BCUT2D eigenvalue weighted by Gasteiger charge is 2.35. The molecule has 4 rings (SSSR count). The van der Waals surface area contributed by atoms with E-state index in [0.29, 0.717) is 31.0 Å². The minimum absolute atomic E-state index is 0.0310. The lowest BCUT2D eigenvalue weighted by Gasteiger charge is -2.27. The van der Waals surface area contributed by atoms with Crippen molar-refractivity contribution in [3.8, 4) is 0 Å². The van der Waals surface area contributed by atoms with Crippen LogP contribution in [-0.4, -0.2) is 70.2 Å². The van der Waals surface area contributed by atoms with Crippen molar-refractivity contribution in [1.82, 2.24) is 25.2 Å². The third kappa shape index (κ3) is 3.70. The van der Waals surface area contributed by atoms with Gasteiger partial charge in [-0.3, -0.25) is 9.69 Å². The summed E-state index contributed by atoms with van der Waals surface area (Å²) < 4.78 is 7.46. The molecule has 0 aromatic carbocycles. The largest absolute Gasteiger partial charge is 0.378 e. The summed E-state index contributed by atoms with van der Waals surface area (Å²) in [7, 11) is 0. The lowest BCUT2D eigenvalue weighted by molar-refractivity contribution is 0.0911. The zero-order valence-electron chi connectivity index (χ0n) is 14.6. The minimum Gasteiger partial charge on any atom is -0.378 e. The number of likely N-dealkylation sites (tertiary alicyclic amines) is 1. The first-order valence-electron chi connectivity index (χ1n) is 9.51. The van der Waals surface area contributed by atoms with Crippen LogP contribution in [0.15, 0.2) is 6.20 Å². The number of amides is 1. The van der Waals surface area contributed by atoms with Gasteiger partial charge in [0, 0.05) is 6.04 Å². The van der Waals surface area contributed by atoms with Gasteiger partial charge in [0.2, 0.25) is 0 Å². The summed E-state index contributed by atoms with van der Waals surface area (Å²) in [5, 5.41) is 11.4. The molecule has 8 nitrogen and oxygen atoms in total. The number of hydrogen-bond acceptors (Lipinski definition) is 6. The predicted octanol–water partition coefficient (Wildman–Crippen LogP) is 0.314. The zero-order valence-corrected chi connectivity index (χ0v) is 14.6. The number of carbonyl (C=O) groups excluding carboxylic acids is 1. The predicted molar refractivity (Wildman–Crippen MR) is 92.2 cm³/mol. The summed E-state index contributed by atoms with van der Waals surface area (Å²) >= 11 is 0. The maximum atomic E-state index is 12.6. The number of nitrogens with two attached hydrogens (primary N) is 1. The Labute approximate surface area is 148 Å². The van der Waals surface area contributed by atoms with Crippen LogP contribution < -0.4 is 11.1 Å². The van der Waals surface area contributed by atoms with Crippen LogP contribution in [0, 0.1) is 0 Å². The van der Waals surface area contributed by atoms with Crippen LogP contribution in [0.3, 0.4) is 0 Å². The van der Waals surface area contributed by atoms with E-state index in [1.54, 1.807) is 6.20 Å². The summed E-state index contributed by atoms with van der Waals surface area (Å²) in [6, 6.07) is 0.915. The van der Waals surface area contributed by atoms with Crippen molar-refractivity contribution >= 4 is 5.91 Å². The molecular formula is C17H28N6O2. The highest BCUT2D eigenvalue weighted by atomic mass is 16.5. The lowest BCUT2D eigenvalue weighted by atomic mass is 9.92. The Bertz CT molecular complexity index is 592. The molecule has 8 heteroatoms. The number of nitrogens with zero attached hydrogens (tertiary/aromatic N) is 4. The maximum absolute atomic E-state index is 12.6. The average molecular weight is 348 g/mol. The first-order chi connectivity index (χ1) is 12.2. The second-order valence-corrected chi connectivity index (χ2v) is 7.58. The molecule has 1 saturated carbocycles. The highest BCUT2D eigenvalue weighted by molar-refractivity contribution is 5.92. The Morgan fingerprint density at radius 3 is 2.72 bits per heavy atom. The van der Waals surface area contributed by atoms with E-state index in [9.17, 15) is 4.79 Å². The van der Waals surface area contributed by atoms with Crippen LogP contribution in [0.4, 0.5) is 0 Å². The van der Waals surface area contributed by atoms with E-state index in [1.807, 2.05) is 4.68 Å². The van der Waals surface area contributed by atoms with Crippen molar-refractivity contribution < 1.29 is 9.53 Å². The minimum atomic E-state index is -0.154. The van der Waals surface area contributed by atoms with Gasteiger partial charge >= 0.3 is 0 Å². The van der Waals surface area contributed by atoms with Crippen LogP contribution >= 0.6 is 0 Å². The molecule has 1 aliphatic carbocycles. The maximum Gasteiger partial charge on any atom is 0.273 e. The first kappa shape index (κ1) is 16.9. The van der Waals surface area contributed by atoms with Gasteiger partial charge in [-0.05, 0) is 51.6 Å². The normalized spacial score (nSPS) is 33.6. The van der Waals surface area contributed by atoms with Gasteiger partial charge in [-0.25, -0.2) is 4.68 Å². The van der Waals surface area contributed by atoms with Gasteiger partial charge in [0.1, 0.15) is 0 Å². The van der Waals surface area contributed by atoms with Gasteiger partial charge in [-0.1, -0.05) is 5.21 Å². The van der Waals surface area contributed by atoms with Gasteiger partial charge in [0.15, 0.2) is 5.69 Å². The first-order valence-corrected chi connectivity index (χ1v) is 9.51. The molecule has 3 fully saturated rings. The Hall–Kier alpha value is -1.51. The Morgan fingerprint density at radius 1 is 1.20 bits per heavy atom. The van der Waals surface area contributed by atoms with Gasteiger partial charge in [-0.15, -0.1) is 5.10 Å². The Morgan fingerprint density at radius 2 is 1.96 bits per heavy atom. The molecule has 0 unspecified atom stereocenters. The summed E-state index contributed by atoms with van der Waals surface area (Å²) in [4.78, 5) is 15.0. The van der Waals surface area contributed by atoms with Crippen LogP contribution in [0.25, 0.3) is 0 Å². The second kappa shape index (κ2) is 7.39. The molecular weight excluding hydrogens is 320 g/mol. The number of aromatic nitrogens is 3. The molecule has 2 aliphatic heterocycles. The third-order valence-corrected chi connectivity index (χ3v) is 5.84. The van der Waals surface area contributed by atoms with Crippen molar-refractivity contribution in [1.29, 1.82) is 0 Å². The van der Waals surface area contributed by atoms with Crippen molar-refractivity contribution in [3.05, 3.63) is 11.9 Å². The van der Waals surface area contributed by atoms with E-state index in [1.165, 1.54) is 12.8 Å². The smallest absolute Gasteiger partial charge is 0.273 e. The monoisotopic (exact) mass is 348 g/mol. The summed E-state index contributed by atoms with van der Waals surface area (Å²) in [5.41, 5.74) is 6.35. The van der Waals surface area contributed by atoms with Gasteiger partial charge in [0.25, 0.3) is 5.91 Å². The van der Waals surface area contributed by atoms with Gasteiger partial charge < -0.3 is 15.8 Å². The topological polar surface area (TPSA) is 98.3 Å². The van der Waals surface area contributed by atoms with Crippen LogP contribution in [0.2, 0.25) is 0 Å². The second-order valence-electron chi connectivity index (χ2n) is 7.58. The van der Waals surface area contributed by atoms with Crippen LogP contribution in [0.5, 0.6) is 0 Å². The standard InChI is InChI=1S/C17H28N6O2/c18-12-3-5-13(6-4-12)23-9-14(20-21-23)17(24)19-15-10-25-11-16(15)22-7-1-2-8-22/h9,12-13,15-16H,1-8,10-11,18H2,(H,19,24)/t12?,13?,15-,16-/m1/s1. The number of hydrogen-bond donors (Lipinski definition) is 2. The Kier molecular flexibility index (Phi) is 5.00. The highest BCUT2D eigenvalue weighted by Crippen LogP contribution is 2.27. The van der Waals surface area contributed by atoms with Crippen molar-refractivity contribution in [2.75, 3.05) is 26.3 Å². The van der Waals surface area contributed by atoms with Gasteiger partial charge in [-0.2, -0.15) is 0 Å². The molecule has 1 aromatic heterocycles. The fraction of sp³-hybridized carbons (Fsp3) is 0.824. The van der Waals surface area contributed by atoms with E-state index in [-0.39, 0.29) is 18.0 Å². The number of nitrogens with one attached hydrogen (secondary N) is 1. The third-order valence-electron chi connectivity index (χ3n) is 5.84. The van der Waals surface area contributed by atoms with Crippen LogP contribution in [0.1, 0.15) is 55.1 Å². The molecule has 1 aromatic rings. The molecule has 3 N–H and O–H groups in total. The van der Waals surface area contributed by atoms with E-state index < -0.39 is 0 Å². The quantitative estimate of drug-likeness (QED) is 0.813. The SMILES string of the molecule is NC1CCC(n2cc(C(=O)N[C@@H]3COC[C@H]3N3CCCC3)nn2)CC1. The van der Waals surface area contributed by atoms with Crippen molar-refractivity contribution in [2.45, 2.75) is 62.7 Å². The van der Waals surface area contributed by atoms with Crippen molar-refractivity contribution in [3.63, 3.8) is 0 Å². The molecule has 138 valence electrons. The van der Waals surface area contributed by atoms with E-state index in [2.05, 4.69) is 20.5 Å². The number of carbonyl (C=O) groups is 1. The summed E-state index contributed by atoms with van der Waals surface area (Å²) in [6.07, 6.45) is 8.24. The average Bonchev–Trinajstić information content (AvgIpc) is 3.36. The molecule has 3 heterocycles. The molecule has 0 bridgehead atoms. The lowest BCUT2D eigenvalue weighted by Crippen LogP contribution is -2.50. The fourth-order valence-corrected chi connectivity index (χ4v) is 4.28. The van der Waals surface area contributed by atoms with Crippen LogP contribution in [-0.2, 0) is 4.74 Å². The molecule has 25 heavy (non-hydrogen) atoms. The van der Waals surface area contributed by atoms with Gasteiger partial charge in [0.05, 0.1) is 37.5 Å². The molecule has 1 amide bonds. The fourth-order valence-electron chi connectivity index (χ4n) is 4.28. The molecule has 0 spiro atoms. The molecule has 3 aliphatic rings. The number of ether oxygens (including phenoxy) is 1. The molecule has 2 saturated heterocycles.